The molecule has 1 fully saturated rings. The molecule has 3 heteroatoms. The van der Waals surface area contributed by atoms with Crippen LogP contribution >= 0.6 is 0 Å². The smallest absolute Gasteiger partial charge is 0.0643 e. The molecule has 0 amide bonds. The van der Waals surface area contributed by atoms with Crippen LogP contribution in [-0.2, 0) is 0 Å². The first-order valence-corrected chi connectivity index (χ1v) is 7.04. The molecule has 102 valence electrons. The fraction of sp³-hybridized carbons (Fsp3) is 0.562. The largest absolute Gasteiger partial charge is 0.365 e. The summed E-state index contributed by atoms with van der Waals surface area (Å²) in [5.41, 5.74) is 2.62. The predicted molar refractivity (Wildman–Crippen MR) is 79.4 cm³/mol. The number of anilines is 1. The van der Waals surface area contributed by atoms with Gasteiger partial charge in [0, 0.05) is 25.3 Å². The van der Waals surface area contributed by atoms with E-state index >= 15 is 0 Å². The van der Waals surface area contributed by atoms with Gasteiger partial charge in [-0.05, 0) is 30.7 Å². The molecule has 1 atom stereocenters. The maximum atomic E-state index is 8.99. The first kappa shape index (κ1) is 13.9. The van der Waals surface area contributed by atoms with Crippen molar-refractivity contribution in [3.05, 3.63) is 29.8 Å². The third-order valence-corrected chi connectivity index (χ3v) is 3.90. The van der Waals surface area contributed by atoms with E-state index in [-0.39, 0.29) is 0 Å². The fourth-order valence-electron chi connectivity index (χ4n) is 2.68. The van der Waals surface area contributed by atoms with Crippen LogP contribution in [0, 0.1) is 11.3 Å². The average Bonchev–Trinajstić information content (AvgIpc) is 2.39. The monoisotopic (exact) mass is 257 g/mol. The van der Waals surface area contributed by atoms with Gasteiger partial charge in [0.15, 0.2) is 0 Å². The van der Waals surface area contributed by atoms with Crippen LogP contribution in [0.25, 0.3) is 0 Å². The second-order valence-electron chi connectivity index (χ2n) is 5.72. The van der Waals surface area contributed by atoms with Gasteiger partial charge in [0.2, 0.25) is 0 Å². The van der Waals surface area contributed by atoms with Gasteiger partial charge in [-0.15, -0.1) is 0 Å². The Bertz CT molecular complexity index is 444. The van der Waals surface area contributed by atoms with Crippen LogP contribution < -0.4 is 4.90 Å². The summed E-state index contributed by atoms with van der Waals surface area (Å²) in [6.07, 6.45) is 0.594. The second-order valence-corrected chi connectivity index (χ2v) is 5.72. The predicted octanol–water partition coefficient (Wildman–Crippen LogP) is 2.84. The summed E-state index contributed by atoms with van der Waals surface area (Å²) >= 11 is 0. The van der Waals surface area contributed by atoms with Crippen molar-refractivity contribution in [2.75, 3.05) is 31.6 Å². The van der Waals surface area contributed by atoms with Crippen molar-refractivity contribution in [1.82, 2.24) is 4.90 Å². The van der Waals surface area contributed by atoms with E-state index in [0.717, 1.165) is 19.6 Å². The van der Waals surface area contributed by atoms with Crippen molar-refractivity contribution in [3.63, 3.8) is 0 Å². The highest BCUT2D eigenvalue weighted by Gasteiger charge is 2.25. The van der Waals surface area contributed by atoms with E-state index in [9.17, 15) is 0 Å². The van der Waals surface area contributed by atoms with Crippen LogP contribution in [0.5, 0.6) is 0 Å². The lowest BCUT2D eigenvalue weighted by Gasteiger charge is -2.40. The van der Waals surface area contributed by atoms with Crippen molar-refractivity contribution >= 4 is 5.69 Å². The molecule has 1 unspecified atom stereocenters. The molecule has 0 N–H and O–H groups in total. The maximum Gasteiger partial charge on any atom is 0.0643 e. The molecule has 2 rings (SSSR count). The first-order chi connectivity index (χ1) is 9.11. The Hall–Kier alpha value is -1.53. The average molecular weight is 257 g/mol. The van der Waals surface area contributed by atoms with E-state index in [1.54, 1.807) is 0 Å². The molecule has 1 aliphatic rings. The van der Waals surface area contributed by atoms with E-state index in [1.165, 1.54) is 11.3 Å². The molecule has 3 nitrogen and oxygen atoms in total. The summed E-state index contributed by atoms with van der Waals surface area (Å²) in [4.78, 5) is 4.69. The molecule has 1 aliphatic heterocycles. The molecule has 0 bridgehead atoms. The summed E-state index contributed by atoms with van der Waals surface area (Å²) < 4.78 is 0. The molecule has 1 aromatic carbocycles. The molecule has 0 aliphatic carbocycles. The van der Waals surface area contributed by atoms with Gasteiger partial charge >= 0.3 is 0 Å². The summed E-state index contributed by atoms with van der Waals surface area (Å²) in [5, 5.41) is 8.99. The number of likely N-dealkylation sites (N-methyl/N-ethyl adjacent to an activating group) is 1. The van der Waals surface area contributed by atoms with Crippen LogP contribution in [0.4, 0.5) is 5.69 Å². The SMILES string of the molecule is CC(C)c1ccc(N2CCN(C)CC2CC#N)cc1. The van der Waals surface area contributed by atoms with Crippen molar-refractivity contribution in [2.45, 2.75) is 32.2 Å². The Balaban J connectivity index is 2.16. The number of piperazine rings is 1. The zero-order chi connectivity index (χ0) is 13.8. The van der Waals surface area contributed by atoms with Gasteiger partial charge in [-0.1, -0.05) is 26.0 Å². The highest BCUT2D eigenvalue weighted by Crippen LogP contribution is 2.24. The first-order valence-electron chi connectivity index (χ1n) is 7.04. The molecular formula is C16H23N3. The molecular weight excluding hydrogens is 234 g/mol. The summed E-state index contributed by atoms with van der Waals surface area (Å²) in [5.74, 6) is 0.566. The lowest BCUT2D eigenvalue weighted by molar-refractivity contribution is 0.268. The third kappa shape index (κ3) is 3.27. The number of rotatable bonds is 3. The van der Waals surface area contributed by atoms with Crippen LogP contribution in [0.2, 0.25) is 0 Å². The zero-order valence-electron chi connectivity index (χ0n) is 12.1. The van der Waals surface area contributed by atoms with Gasteiger partial charge in [-0.3, -0.25) is 0 Å². The molecule has 0 radical (unpaired) electrons. The van der Waals surface area contributed by atoms with Crippen LogP contribution in [0.1, 0.15) is 31.7 Å². The van der Waals surface area contributed by atoms with Crippen molar-refractivity contribution < 1.29 is 0 Å². The molecule has 0 saturated carbocycles. The van der Waals surface area contributed by atoms with Gasteiger partial charge in [0.1, 0.15) is 0 Å². The van der Waals surface area contributed by atoms with Crippen molar-refractivity contribution in [1.29, 1.82) is 5.26 Å². The quantitative estimate of drug-likeness (QED) is 0.834. The molecule has 1 heterocycles. The Morgan fingerprint density at radius 2 is 1.95 bits per heavy atom. The number of hydrogen-bond donors (Lipinski definition) is 0. The molecule has 1 saturated heterocycles. The van der Waals surface area contributed by atoms with E-state index in [1.807, 2.05) is 0 Å². The minimum atomic E-state index is 0.314. The molecule has 0 spiro atoms. The van der Waals surface area contributed by atoms with E-state index in [0.29, 0.717) is 18.4 Å². The fourth-order valence-corrected chi connectivity index (χ4v) is 2.68. The standard InChI is InChI=1S/C16H23N3/c1-13(2)14-4-6-15(7-5-14)19-11-10-18(3)12-16(19)8-9-17/h4-7,13,16H,8,10-12H2,1-3H3. The minimum Gasteiger partial charge on any atom is -0.365 e. The Labute approximate surface area is 116 Å². The molecule has 0 aromatic heterocycles. The Kier molecular flexibility index (Phi) is 4.44. The number of nitrogens with zero attached hydrogens (tertiary/aromatic N) is 3. The van der Waals surface area contributed by atoms with Crippen LogP contribution in [0.15, 0.2) is 24.3 Å². The number of benzene rings is 1. The van der Waals surface area contributed by atoms with Crippen LogP contribution in [-0.4, -0.2) is 37.6 Å². The summed E-state index contributed by atoms with van der Waals surface area (Å²) in [7, 11) is 2.13. The summed E-state index contributed by atoms with van der Waals surface area (Å²) in [6.45, 7) is 7.46. The van der Waals surface area contributed by atoms with Crippen molar-refractivity contribution in [3.8, 4) is 6.07 Å². The lowest BCUT2D eigenvalue weighted by atomic mass is 10.0. The van der Waals surface area contributed by atoms with Gasteiger partial charge in [0.05, 0.1) is 18.5 Å². The van der Waals surface area contributed by atoms with Gasteiger partial charge in [-0.25, -0.2) is 0 Å². The molecule has 1 aromatic rings. The highest BCUT2D eigenvalue weighted by atomic mass is 15.3. The van der Waals surface area contributed by atoms with Gasteiger partial charge < -0.3 is 9.80 Å². The van der Waals surface area contributed by atoms with Gasteiger partial charge in [0.25, 0.3) is 0 Å². The summed E-state index contributed by atoms with van der Waals surface area (Å²) in [6, 6.07) is 11.5. The maximum absolute atomic E-state index is 8.99. The normalized spacial score (nSPS) is 20.6. The number of nitriles is 1. The van der Waals surface area contributed by atoms with Crippen LogP contribution in [0.3, 0.4) is 0 Å². The lowest BCUT2D eigenvalue weighted by Crippen LogP contribution is -2.51. The van der Waals surface area contributed by atoms with Gasteiger partial charge in [-0.2, -0.15) is 5.26 Å². The highest BCUT2D eigenvalue weighted by molar-refractivity contribution is 5.49. The zero-order valence-corrected chi connectivity index (χ0v) is 12.1. The van der Waals surface area contributed by atoms with E-state index in [4.69, 9.17) is 5.26 Å². The molecule has 19 heavy (non-hydrogen) atoms. The second kappa shape index (κ2) is 6.08. The third-order valence-electron chi connectivity index (χ3n) is 3.90. The minimum absolute atomic E-state index is 0.314. The Morgan fingerprint density at radius 1 is 1.26 bits per heavy atom. The topological polar surface area (TPSA) is 30.3 Å². The van der Waals surface area contributed by atoms with E-state index < -0.39 is 0 Å². The van der Waals surface area contributed by atoms with Crippen molar-refractivity contribution in [2.24, 2.45) is 0 Å². The Morgan fingerprint density at radius 3 is 2.53 bits per heavy atom. The van der Waals surface area contributed by atoms with E-state index in [2.05, 4.69) is 61.0 Å². The number of hydrogen-bond acceptors (Lipinski definition) is 3.